The zero-order chi connectivity index (χ0) is 18.2. The van der Waals surface area contributed by atoms with Gasteiger partial charge in [0.15, 0.2) is 0 Å². The second kappa shape index (κ2) is 6.42. The number of carboxylic acids is 1. The maximum atomic E-state index is 12.7. The van der Waals surface area contributed by atoms with Crippen molar-refractivity contribution in [3.05, 3.63) is 29.8 Å². The third kappa shape index (κ3) is 3.55. The fourth-order valence-corrected chi connectivity index (χ4v) is 4.70. The summed E-state index contributed by atoms with van der Waals surface area (Å²) in [5, 5.41) is 11.6. The second-order valence-electron chi connectivity index (χ2n) is 6.98. The van der Waals surface area contributed by atoms with Crippen LogP contribution in [0.15, 0.2) is 29.2 Å². The van der Waals surface area contributed by atoms with E-state index in [1.165, 1.54) is 28.6 Å². The van der Waals surface area contributed by atoms with E-state index in [2.05, 4.69) is 5.32 Å². The Morgan fingerprint density at radius 3 is 2.40 bits per heavy atom. The maximum absolute atomic E-state index is 12.7. The van der Waals surface area contributed by atoms with Crippen LogP contribution in [0.5, 0.6) is 0 Å². The fraction of sp³-hybridized carbons (Fsp3) is 0.529. The molecule has 0 bridgehead atoms. The molecule has 0 aromatic heterocycles. The fourth-order valence-electron chi connectivity index (χ4n) is 3.10. The Balaban J connectivity index is 1.73. The molecule has 25 heavy (non-hydrogen) atoms. The van der Waals surface area contributed by atoms with Crippen molar-refractivity contribution in [3.8, 4) is 0 Å². The van der Waals surface area contributed by atoms with Gasteiger partial charge < -0.3 is 10.4 Å². The van der Waals surface area contributed by atoms with Gasteiger partial charge in [0.05, 0.1) is 4.90 Å². The van der Waals surface area contributed by atoms with E-state index in [1.54, 1.807) is 0 Å². The summed E-state index contributed by atoms with van der Waals surface area (Å²) in [6.07, 6.45) is 2.69. The van der Waals surface area contributed by atoms with Crippen LogP contribution in [-0.2, 0) is 14.8 Å². The first-order valence-electron chi connectivity index (χ1n) is 8.41. The highest BCUT2D eigenvalue weighted by molar-refractivity contribution is 7.89. The highest BCUT2D eigenvalue weighted by atomic mass is 32.2. The van der Waals surface area contributed by atoms with Crippen molar-refractivity contribution < 1.29 is 23.1 Å². The van der Waals surface area contributed by atoms with E-state index in [0.29, 0.717) is 31.8 Å². The molecule has 2 N–H and O–H groups in total. The minimum Gasteiger partial charge on any atom is -0.480 e. The number of aliphatic carboxylic acids is 1. The average molecular weight is 366 g/mol. The van der Waals surface area contributed by atoms with E-state index < -0.39 is 27.4 Å². The molecule has 1 saturated heterocycles. The topological polar surface area (TPSA) is 104 Å². The average Bonchev–Trinajstić information content (AvgIpc) is 3.36. The van der Waals surface area contributed by atoms with Gasteiger partial charge >= 0.3 is 5.97 Å². The number of carboxylic acid groups (broad SMARTS) is 1. The van der Waals surface area contributed by atoms with Gasteiger partial charge in [-0.05, 0) is 55.9 Å². The lowest BCUT2D eigenvalue weighted by atomic mass is 10.0. The van der Waals surface area contributed by atoms with Crippen molar-refractivity contribution in [2.24, 2.45) is 5.92 Å². The van der Waals surface area contributed by atoms with Crippen LogP contribution in [0.25, 0.3) is 0 Å². The zero-order valence-electron chi connectivity index (χ0n) is 14.1. The van der Waals surface area contributed by atoms with E-state index in [-0.39, 0.29) is 10.5 Å². The van der Waals surface area contributed by atoms with Crippen molar-refractivity contribution in [2.45, 2.75) is 43.0 Å². The number of piperidine rings is 1. The summed E-state index contributed by atoms with van der Waals surface area (Å²) < 4.78 is 26.9. The summed E-state index contributed by atoms with van der Waals surface area (Å²) in [4.78, 5) is 23.5. The molecule has 1 unspecified atom stereocenters. The number of sulfonamides is 1. The van der Waals surface area contributed by atoms with Crippen LogP contribution in [0, 0.1) is 5.92 Å². The van der Waals surface area contributed by atoms with Gasteiger partial charge in [0.2, 0.25) is 10.0 Å². The van der Waals surface area contributed by atoms with E-state index in [0.717, 1.165) is 12.8 Å². The third-order valence-corrected chi connectivity index (χ3v) is 6.77. The molecule has 0 spiro atoms. The molecule has 136 valence electrons. The van der Waals surface area contributed by atoms with Gasteiger partial charge in [0.1, 0.15) is 5.54 Å². The Morgan fingerprint density at radius 2 is 1.88 bits per heavy atom. The molecule has 1 aliphatic heterocycles. The molecule has 1 atom stereocenters. The standard InChI is InChI=1S/C17H22N2O5S/c1-12-3-2-10-19(11-12)25(23,24)14-6-4-13(5-7-14)15(20)18-17(8-9-17)16(21)22/h4-7,12H,2-3,8-11H2,1H3,(H,18,20)(H,21,22). The molecular formula is C17H22N2O5S. The van der Waals surface area contributed by atoms with Crippen LogP contribution in [0.1, 0.15) is 43.0 Å². The van der Waals surface area contributed by atoms with Gasteiger partial charge in [0, 0.05) is 18.7 Å². The first-order chi connectivity index (χ1) is 11.7. The molecule has 2 fully saturated rings. The molecule has 3 rings (SSSR count). The lowest BCUT2D eigenvalue weighted by Gasteiger charge is -2.30. The quantitative estimate of drug-likeness (QED) is 0.821. The number of amides is 1. The Kier molecular flexibility index (Phi) is 4.59. The van der Waals surface area contributed by atoms with E-state index >= 15 is 0 Å². The van der Waals surface area contributed by atoms with Crippen LogP contribution < -0.4 is 5.32 Å². The lowest BCUT2D eigenvalue weighted by molar-refractivity contribution is -0.140. The van der Waals surface area contributed by atoms with Gasteiger partial charge in [-0.15, -0.1) is 0 Å². The van der Waals surface area contributed by atoms with Crippen LogP contribution in [-0.4, -0.2) is 48.3 Å². The summed E-state index contributed by atoms with van der Waals surface area (Å²) in [6.45, 7) is 3.05. The highest BCUT2D eigenvalue weighted by Gasteiger charge is 2.51. The minimum atomic E-state index is -3.57. The van der Waals surface area contributed by atoms with Crippen molar-refractivity contribution in [1.82, 2.24) is 9.62 Å². The molecule has 1 aromatic carbocycles. The third-order valence-electron chi connectivity index (χ3n) is 4.89. The summed E-state index contributed by atoms with van der Waals surface area (Å²) in [5.74, 6) is -1.21. The van der Waals surface area contributed by atoms with Crippen molar-refractivity contribution in [3.63, 3.8) is 0 Å². The van der Waals surface area contributed by atoms with Crippen LogP contribution in [0.2, 0.25) is 0 Å². The Bertz CT molecular complexity index is 784. The molecule has 2 aliphatic rings. The SMILES string of the molecule is CC1CCCN(S(=O)(=O)c2ccc(C(=O)NC3(C(=O)O)CC3)cc2)C1. The number of benzene rings is 1. The number of carbonyl (C=O) groups is 2. The van der Waals surface area contributed by atoms with Gasteiger partial charge in [0.25, 0.3) is 5.91 Å². The monoisotopic (exact) mass is 366 g/mol. The van der Waals surface area contributed by atoms with E-state index in [1.807, 2.05) is 6.92 Å². The number of rotatable bonds is 5. The van der Waals surface area contributed by atoms with Crippen molar-refractivity contribution in [1.29, 1.82) is 0 Å². The second-order valence-corrected chi connectivity index (χ2v) is 8.91. The molecule has 1 aliphatic carbocycles. The minimum absolute atomic E-state index is 0.150. The van der Waals surface area contributed by atoms with Crippen LogP contribution in [0.3, 0.4) is 0 Å². The molecule has 1 aromatic rings. The molecule has 7 nitrogen and oxygen atoms in total. The maximum Gasteiger partial charge on any atom is 0.329 e. The Labute approximate surface area is 147 Å². The zero-order valence-corrected chi connectivity index (χ0v) is 14.9. The van der Waals surface area contributed by atoms with Gasteiger partial charge in [-0.1, -0.05) is 6.92 Å². The summed E-state index contributed by atoms with van der Waals surface area (Å²) in [5.41, 5.74) is -0.912. The van der Waals surface area contributed by atoms with Gasteiger partial charge in [-0.25, -0.2) is 13.2 Å². The van der Waals surface area contributed by atoms with Crippen molar-refractivity contribution >= 4 is 21.9 Å². The number of nitrogens with one attached hydrogen (secondary N) is 1. The number of hydrogen-bond acceptors (Lipinski definition) is 4. The Hall–Kier alpha value is -1.93. The molecule has 1 saturated carbocycles. The lowest BCUT2D eigenvalue weighted by Crippen LogP contribution is -2.43. The van der Waals surface area contributed by atoms with Gasteiger partial charge in [-0.2, -0.15) is 4.31 Å². The molecule has 1 heterocycles. The summed E-state index contributed by atoms with van der Waals surface area (Å²) in [6, 6.07) is 5.66. The largest absolute Gasteiger partial charge is 0.480 e. The van der Waals surface area contributed by atoms with Crippen LogP contribution >= 0.6 is 0 Å². The summed E-state index contributed by atoms with van der Waals surface area (Å²) in [7, 11) is -3.57. The molecule has 0 radical (unpaired) electrons. The molecule has 1 amide bonds. The van der Waals surface area contributed by atoms with Crippen molar-refractivity contribution in [2.75, 3.05) is 13.1 Å². The predicted octanol–water partition coefficient (Wildman–Crippen LogP) is 1.45. The summed E-state index contributed by atoms with van der Waals surface area (Å²) >= 11 is 0. The Morgan fingerprint density at radius 1 is 1.24 bits per heavy atom. The first-order valence-corrected chi connectivity index (χ1v) is 9.85. The highest BCUT2D eigenvalue weighted by Crippen LogP contribution is 2.35. The van der Waals surface area contributed by atoms with E-state index in [4.69, 9.17) is 5.11 Å². The molecule has 8 heteroatoms. The number of carbonyl (C=O) groups excluding carboxylic acids is 1. The van der Waals surface area contributed by atoms with E-state index in [9.17, 15) is 18.0 Å². The van der Waals surface area contributed by atoms with Gasteiger partial charge in [-0.3, -0.25) is 4.79 Å². The molecular weight excluding hydrogens is 344 g/mol. The normalized spacial score (nSPS) is 23.0. The smallest absolute Gasteiger partial charge is 0.329 e. The number of hydrogen-bond donors (Lipinski definition) is 2. The predicted molar refractivity (Wildman–Crippen MR) is 90.7 cm³/mol. The number of nitrogens with zero attached hydrogens (tertiary/aromatic N) is 1. The van der Waals surface area contributed by atoms with Crippen LogP contribution in [0.4, 0.5) is 0 Å². The first kappa shape index (κ1) is 17.9.